The number of hydrogen-bond acceptors (Lipinski definition) is 6. The summed E-state index contributed by atoms with van der Waals surface area (Å²) in [4.78, 5) is 16.0. The number of nitrogens with one attached hydrogen (secondary N) is 1. The number of carbonyl (C=O) groups is 1. The molecular weight excluding hydrogens is 360 g/mol. The van der Waals surface area contributed by atoms with E-state index in [4.69, 9.17) is 4.74 Å². The Labute approximate surface area is 162 Å². The van der Waals surface area contributed by atoms with Gasteiger partial charge in [-0.3, -0.25) is 9.78 Å². The second-order valence-corrected chi connectivity index (χ2v) is 6.69. The van der Waals surface area contributed by atoms with Crippen LogP contribution in [0.25, 0.3) is 11.3 Å². The number of amides is 1. The first-order valence-electron chi connectivity index (χ1n) is 8.52. The minimum atomic E-state index is -0.0325. The Morgan fingerprint density at radius 2 is 1.89 bits per heavy atom. The molecule has 0 unspecified atom stereocenters. The van der Waals surface area contributed by atoms with Crippen LogP contribution >= 0.6 is 11.8 Å². The molecule has 7 heteroatoms. The van der Waals surface area contributed by atoms with Crippen molar-refractivity contribution >= 4 is 17.7 Å². The van der Waals surface area contributed by atoms with Crippen LogP contribution in [0.3, 0.4) is 0 Å². The molecule has 27 heavy (non-hydrogen) atoms. The fraction of sp³-hybridized carbons (Fsp3) is 0.200. The third-order valence-electron chi connectivity index (χ3n) is 3.88. The number of para-hydroxylation sites is 1. The topological polar surface area (TPSA) is 77.0 Å². The summed E-state index contributed by atoms with van der Waals surface area (Å²) >= 11 is 1.36. The minimum absolute atomic E-state index is 0.0325. The third kappa shape index (κ3) is 5.52. The van der Waals surface area contributed by atoms with Crippen molar-refractivity contribution in [3.63, 3.8) is 0 Å². The zero-order valence-corrected chi connectivity index (χ0v) is 15.8. The van der Waals surface area contributed by atoms with E-state index in [1.807, 2.05) is 48.5 Å². The molecule has 0 bridgehead atoms. The Morgan fingerprint density at radius 3 is 2.63 bits per heavy atom. The lowest BCUT2D eigenvalue weighted by atomic mass is 10.1. The molecule has 0 fully saturated rings. The molecular formula is C20H20N4O2S. The van der Waals surface area contributed by atoms with Gasteiger partial charge in [0, 0.05) is 24.5 Å². The van der Waals surface area contributed by atoms with Crippen molar-refractivity contribution < 1.29 is 9.53 Å². The number of benzene rings is 1. The summed E-state index contributed by atoms with van der Waals surface area (Å²) in [7, 11) is 1.65. The predicted octanol–water partition coefficient (Wildman–Crippen LogP) is 3.00. The van der Waals surface area contributed by atoms with Crippen molar-refractivity contribution in [3.8, 4) is 17.0 Å². The van der Waals surface area contributed by atoms with Gasteiger partial charge in [0.05, 0.1) is 18.6 Å². The van der Waals surface area contributed by atoms with E-state index in [0.717, 1.165) is 29.0 Å². The summed E-state index contributed by atoms with van der Waals surface area (Å²) in [6.07, 6.45) is 4.16. The Hall–Kier alpha value is -2.93. The summed E-state index contributed by atoms with van der Waals surface area (Å²) in [5.41, 5.74) is 2.82. The second kappa shape index (κ2) is 9.68. The SMILES string of the molecule is COc1ccccc1CCNC(=O)CSc1ccc(-c2ccncc2)nn1. The molecule has 1 aromatic carbocycles. The number of rotatable bonds is 8. The van der Waals surface area contributed by atoms with Gasteiger partial charge in [-0.1, -0.05) is 30.0 Å². The number of hydrogen-bond donors (Lipinski definition) is 1. The highest BCUT2D eigenvalue weighted by molar-refractivity contribution is 7.99. The first-order chi connectivity index (χ1) is 13.3. The molecule has 3 rings (SSSR count). The number of aromatic nitrogens is 3. The van der Waals surface area contributed by atoms with Gasteiger partial charge >= 0.3 is 0 Å². The molecule has 0 aliphatic heterocycles. The summed E-state index contributed by atoms with van der Waals surface area (Å²) in [6.45, 7) is 0.562. The Kier molecular flexibility index (Phi) is 6.76. The monoisotopic (exact) mass is 380 g/mol. The van der Waals surface area contributed by atoms with Crippen molar-refractivity contribution in [1.29, 1.82) is 0 Å². The zero-order valence-electron chi connectivity index (χ0n) is 15.0. The van der Waals surface area contributed by atoms with Crippen LogP contribution in [0.2, 0.25) is 0 Å². The highest BCUT2D eigenvalue weighted by atomic mass is 32.2. The van der Waals surface area contributed by atoms with Gasteiger partial charge in [0.1, 0.15) is 10.8 Å². The number of carbonyl (C=O) groups excluding carboxylic acids is 1. The summed E-state index contributed by atoms with van der Waals surface area (Å²) < 4.78 is 5.31. The molecule has 0 saturated heterocycles. The highest BCUT2D eigenvalue weighted by Crippen LogP contribution is 2.19. The molecule has 2 aromatic heterocycles. The molecule has 0 aliphatic carbocycles. The van der Waals surface area contributed by atoms with Gasteiger partial charge in [0.2, 0.25) is 5.91 Å². The molecule has 6 nitrogen and oxygen atoms in total. The number of nitrogens with zero attached hydrogens (tertiary/aromatic N) is 3. The molecule has 138 valence electrons. The van der Waals surface area contributed by atoms with Gasteiger partial charge in [-0.2, -0.15) is 0 Å². The van der Waals surface area contributed by atoms with E-state index >= 15 is 0 Å². The van der Waals surface area contributed by atoms with Gasteiger partial charge in [-0.15, -0.1) is 10.2 Å². The molecule has 0 spiro atoms. The van der Waals surface area contributed by atoms with Gasteiger partial charge in [-0.25, -0.2) is 0 Å². The average Bonchev–Trinajstić information content (AvgIpc) is 2.73. The van der Waals surface area contributed by atoms with E-state index in [0.29, 0.717) is 17.3 Å². The van der Waals surface area contributed by atoms with Crippen LogP contribution in [-0.2, 0) is 11.2 Å². The van der Waals surface area contributed by atoms with Crippen molar-refractivity contribution in [1.82, 2.24) is 20.5 Å². The standard InChI is InChI=1S/C20H20N4O2S/c1-26-18-5-3-2-4-16(18)10-13-22-19(25)14-27-20-7-6-17(23-24-20)15-8-11-21-12-9-15/h2-9,11-12H,10,13-14H2,1H3,(H,22,25). The number of ether oxygens (including phenoxy) is 1. The molecule has 0 atom stereocenters. The van der Waals surface area contributed by atoms with Crippen LogP contribution in [0.4, 0.5) is 0 Å². The minimum Gasteiger partial charge on any atom is -0.496 e. The van der Waals surface area contributed by atoms with E-state index in [1.165, 1.54) is 11.8 Å². The summed E-state index contributed by atoms with van der Waals surface area (Å²) in [5, 5.41) is 12.0. The summed E-state index contributed by atoms with van der Waals surface area (Å²) in [5.74, 6) is 1.11. The van der Waals surface area contributed by atoms with Crippen molar-refractivity contribution in [2.45, 2.75) is 11.4 Å². The maximum absolute atomic E-state index is 12.0. The second-order valence-electron chi connectivity index (χ2n) is 5.69. The van der Waals surface area contributed by atoms with Crippen LogP contribution in [-0.4, -0.2) is 40.5 Å². The lowest BCUT2D eigenvalue weighted by Gasteiger charge is -2.09. The Morgan fingerprint density at radius 1 is 1.07 bits per heavy atom. The van der Waals surface area contributed by atoms with Gasteiger partial charge in [0.15, 0.2) is 0 Å². The smallest absolute Gasteiger partial charge is 0.230 e. The van der Waals surface area contributed by atoms with Gasteiger partial charge < -0.3 is 10.1 Å². The van der Waals surface area contributed by atoms with Crippen LogP contribution in [0.5, 0.6) is 5.75 Å². The fourth-order valence-corrected chi connectivity index (χ4v) is 3.15. The quantitative estimate of drug-likeness (QED) is 0.606. The molecule has 0 radical (unpaired) electrons. The first-order valence-corrected chi connectivity index (χ1v) is 9.50. The predicted molar refractivity (Wildman–Crippen MR) is 106 cm³/mol. The maximum atomic E-state index is 12.0. The van der Waals surface area contributed by atoms with E-state index < -0.39 is 0 Å². The fourth-order valence-electron chi connectivity index (χ4n) is 2.51. The van der Waals surface area contributed by atoms with Crippen LogP contribution in [0.15, 0.2) is 66.0 Å². The Balaban J connectivity index is 1.44. The first kappa shape index (κ1) is 18.8. The Bertz CT molecular complexity index is 873. The molecule has 0 aliphatic rings. The summed E-state index contributed by atoms with van der Waals surface area (Å²) in [6, 6.07) is 15.3. The largest absolute Gasteiger partial charge is 0.496 e. The van der Waals surface area contributed by atoms with Crippen LogP contribution < -0.4 is 10.1 Å². The number of methoxy groups -OCH3 is 1. The lowest BCUT2D eigenvalue weighted by Crippen LogP contribution is -2.27. The maximum Gasteiger partial charge on any atom is 0.230 e. The van der Waals surface area contributed by atoms with Gasteiger partial charge in [0.25, 0.3) is 0 Å². The normalized spacial score (nSPS) is 10.4. The molecule has 1 N–H and O–H groups in total. The number of pyridine rings is 1. The van der Waals surface area contributed by atoms with E-state index in [1.54, 1.807) is 19.5 Å². The molecule has 1 amide bonds. The van der Waals surface area contributed by atoms with Crippen molar-refractivity contribution in [2.24, 2.45) is 0 Å². The molecule has 2 heterocycles. The zero-order chi connectivity index (χ0) is 18.9. The van der Waals surface area contributed by atoms with E-state index in [2.05, 4.69) is 20.5 Å². The lowest BCUT2D eigenvalue weighted by molar-refractivity contribution is -0.118. The van der Waals surface area contributed by atoms with Crippen molar-refractivity contribution in [3.05, 3.63) is 66.5 Å². The third-order valence-corrected chi connectivity index (χ3v) is 4.80. The van der Waals surface area contributed by atoms with Crippen molar-refractivity contribution in [2.75, 3.05) is 19.4 Å². The van der Waals surface area contributed by atoms with Crippen LogP contribution in [0.1, 0.15) is 5.56 Å². The van der Waals surface area contributed by atoms with E-state index in [9.17, 15) is 4.79 Å². The molecule has 0 saturated carbocycles. The van der Waals surface area contributed by atoms with Gasteiger partial charge in [-0.05, 0) is 42.3 Å². The highest BCUT2D eigenvalue weighted by Gasteiger charge is 2.07. The number of thioether (sulfide) groups is 1. The molecule has 3 aromatic rings. The van der Waals surface area contributed by atoms with Crippen LogP contribution in [0, 0.1) is 0 Å². The average molecular weight is 380 g/mol. The van der Waals surface area contributed by atoms with E-state index in [-0.39, 0.29) is 5.91 Å².